The Hall–Kier alpha value is -0.120. The van der Waals surface area contributed by atoms with Gasteiger partial charge in [0.1, 0.15) is 0 Å². The second-order valence-corrected chi connectivity index (χ2v) is 4.77. The number of hydrogen-bond acceptors (Lipinski definition) is 3. The zero-order valence-electron chi connectivity index (χ0n) is 10.8. The summed E-state index contributed by atoms with van der Waals surface area (Å²) in [4.78, 5) is 2.40. The third kappa shape index (κ3) is 4.81. The van der Waals surface area contributed by atoms with Gasteiger partial charge in [0, 0.05) is 13.1 Å². The summed E-state index contributed by atoms with van der Waals surface area (Å²) < 4.78 is 5.66. The van der Waals surface area contributed by atoms with Crippen molar-refractivity contribution in [2.24, 2.45) is 0 Å². The van der Waals surface area contributed by atoms with E-state index in [0.29, 0.717) is 0 Å². The van der Waals surface area contributed by atoms with Gasteiger partial charge in [0.15, 0.2) is 0 Å². The van der Waals surface area contributed by atoms with Crippen LogP contribution < -0.4 is 0 Å². The Balaban J connectivity index is 2.23. The molecule has 2 atom stereocenters. The van der Waals surface area contributed by atoms with Crippen molar-refractivity contribution in [3.63, 3.8) is 0 Å². The Labute approximate surface area is 99.8 Å². The van der Waals surface area contributed by atoms with Crippen LogP contribution in [0.3, 0.4) is 0 Å². The van der Waals surface area contributed by atoms with Gasteiger partial charge in [-0.3, -0.25) is 4.90 Å². The molecular formula is C13H27NO2. The fourth-order valence-electron chi connectivity index (χ4n) is 2.27. The van der Waals surface area contributed by atoms with E-state index in [1.54, 1.807) is 0 Å². The fourth-order valence-corrected chi connectivity index (χ4v) is 2.27. The Kier molecular flexibility index (Phi) is 7.01. The van der Waals surface area contributed by atoms with Crippen molar-refractivity contribution in [3.05, 3.63) is 0 Å². The SMILES string of the molecule is CCCCCC(O)C1CN(CCC)CCO1. The van der Waals surface area contributed by atoms with Crippen molar-refractivity contribution >= 4 is 0 Å². The number of rotatable bonds is 7. The van der Waals surface area contributed by atoms with Crippen molar-refractivity contribution in [3.8, 4) is 0 Å². The number of unbranched alkanes of at least 4 members (excludes halogenated alkanes) is 2. The summed E-state index contributed by atoms with van der Waals surface area (Å²) in [6.45, 7) is 8.21. The van der Waals surface area contributed by atoms with Crippen LogP contribution in [0.15, 0.2) is 0 Å². The van der Waals surface area contributed by atoms with Crippen LogP contribution in [0.4, 0.5) is 0 Å². The number of aliphatic hydroxyl groups excluding tert-OH is 1. The molecule has 1 aliphatic heterocycles. The maximum atomic E-state index is 10.0. The molecule has 0 radical (unpaired) electrons. The standard InChI is InChI=1S/C13H27NO2/c1-3-5-6-7-12(15)13-11-14(8-4-2)9-10-16-13/h12-13,15H,3-11H2,1-2H3. The van der Waals surface area contributed by atoms with E-state index in [0.717, 1.165) is 39.1 Å². The molecule has 1 N–H and O–H groups in total. The van der Waals surface area contributed by atoms with Crippen molar-refractivity contribution in [1.82, 2.24) is 4.90 Å². The summed E-state index contributed by atoms with van der Waals surface area (Å²) in [5.74, 6) is 0. The zero-order chi connectivity index (χ0) is 11.8. The highest BCUT2D eigenvalue weighted by molar-refractivity contribution is 4.77. The van der Waals surface area contributed by atoms with Crippen LogP contribution in [0.25, 0.3) is 0 Å². The van der Waals surface area contributed by atoms with Gasteiger partial charge in [0.25, 0.3) is 0 Å². The van der Waals surface area contributed by atoms with Gasteiger partial charge in [-0.1, -0.05) is 33.1 Å². The van der Waals surface area contributed by atoms with E-state index in [2.05, 4.69) is 18.7 Å². The van der Waals surface area contributed by atoms with E-state index < -0.39 is 0 Å². The maximum Gasteiger partial charge on any atom is 0.0960 e. The third-order valence-electron chi connectivity index (χ3n) is 3.25. The van der Waals surface area contributed by atoms with E-state index in [1.165, 1.54) is 19.3 Å². The molecule has 96 valence electrons. The van der Waals surface area contributed by atoms with Crippen molar-refractivity contribution in [1.29, 1.82) is 0 Å². The topological polar surface area (TPSA) is 32.7 Å². The summed E-state index contributed by atoms with van der Waals surface area (Å²) >= 11 is 0. The van der Waals surface area contributed by atoms with Crippen LogP contribution in [-0.4, -0.2) is 48.5 Å². The minimum absolute atomic E-state index is 0.0390. The summed E-state index contributed by atoms with van der Waals surface area (Å²) in [7, 11) is 0. The average molecular weight is 229 g/mol. The third-order valence-corrected chi connectivity index (χ3v) is 3.25. The Morgan fingerprint density at radius 1 is 1.31 bits per heavy atom. The first-order chi connectivity index (χ1) is 7.77. The van der Waals surface area contributed by atoms with Gasteiger partial charge < -0.3 is 9.84 Å². The molecule has 0 amide bonds. The van der Waals surface area contributed by atoms with E-state index in [4.69, 9.17) is 4.74 Å². The van der Waals surface area contributed by atoms with Gasteiger partial charge in [0.2, 0.25) is 0 Å². The van der Waals surface area contributed by atoms with Gasteiger partial charge in [-0.05, 0) is 19.4 Å². The van der Waals surface area contributed by atoms with Gasteiger partial charge in [-0.15, -0.1) is 0 Å². The minimum Gasteiger partial charge on any atom is -0.390 e. The highest BCUT2D eigenvalue weighted by Gasteiger charge is 2.25. The number of aliphatic hydroxyl groups is 1. The van der Waals surface area contributed by atoms with E-state index >= 15 is 0 Å². The van der Waals surface area contributed by atoms with Crippen molar-refractivity contribution < 1.29 is 9.84 Å². The van der Waals surface area contributed by atoms with E-state index in [1.807, 2.05) is 0 Å². The first kappa shape index (κ1) is 13.9. The summed E-state index contributed by atoms with van der Waals surface area (Å²) in [5.41, 5.74) is 0. The van der Waals surface area contributed by atoms with Gasteiger partial charge >= 0.3 is 0 Å². The van der Waals surface area contributed by atoms with Crippen LogP contribution in [-0.2, 0) is 4.74 Å². The normalized spacial score (nSPS) is 24.6. The van der Waals surface area contributed by atoms with Crippen LogP contribution in [0.2, 0.25) is 0 Å². The number of nitrogens with zero attached hydrogens (tertiary/aromatic N) is 1. The molecule has 1 fully saturated rings. The number of hydrogen-bond donors (Lipinski definition) is 1. The van der Waals surface area contributed by atoms with Gasteiger partial charge in [-0.2, -0.15) is 0 Å². The lowest BCUT2D eigenvalue weighted by Crippen LogP contribution is -2.47. The molecule has 1 rings (SSSR count). The molecule has 3 nitrogen and oxygen atoms in total. The second-order valence-electron chi connectivity index (χ2n) is 4.77. The quantitative estimate of drug-likeness (QED) is 0.678. The number of ether oxygens (including phenoxy) is 1. The van der Waals surface area contributed by atoms with Crippen LogP contribution in [0, 0.1) is 0 Å². The Morgan fingerprint density at radius 3 is 2.81 bits per heavy atom. The largest absolute Gasteiger partial charge is 0.390 e. The molecule has 1 heterocycles. The van der Waals surface area contributed by atoms with Crippen molar-refractivity contribution in [2.45, 2.75) is 58.2 Å². The first-order valence-electron chi connectivity index (χ1n) is 6.80. The monoisotopic (exact) mass is 229 g/mol. The highest BCUT2D eigenvalue weighted by Crippen LogP contribution is 2.14. The summed E-state index contributed by atoms with van der Waals surface area (Å²) in [6.07, 6.45) is 5.37. The number of morpholine rings is 1. The molecule has 0 aliphatic carbocycles. The predicted octanol–water partition coefficient (Wildman–Crippen LogP) is 2.04. The van der Waals surface area contributed by atoms with Crippen LogP contribution in [0.1, 0.15) is 46.0 Å². The fraction of sp³-hybridized carbons (Fsp3) is 1.00. The summed E-state index contributed by atoms with van der Waals surface area (Å²) in [6, 6.07) is 0. The highest BCUT2D eigenvalue weighted by atomic mass is 16.5. The molecule has 1 saturated heterocycles. The molecule has 0 bridgehead atoms. The maximum absolute atomic E-state index is 10.0. The lowest BCUT2D eigenvalue weighted by atomic mass is 10.0. The molecule has 0 aromatic rings. The molecule has 16 heavy (non-hydrogen) atoms. The lowest BCUT2D eigenvalue weighted by Gasteiger charge is -2.35. The molecule has 0 spiro atoms. The van der Waals surface area contributed by atoms with Gasteiger partial charge in [0.05, 0.1) is 18.8 Å². The Morgan fingerprint density at radius 2 is 2.12 bits per heavy atom. The molecule has 0 saturated carbocycles. The molecule has 1 aliphatic rings. The minimum atomic E-state index is -0.272. The average Bonchev–Trinajstić information content (AvgIpc) is 2.30. The van der Waals surface area contributed by atoms with Crippen LogP contribution in [0.5, 0.6) is 0 Å². The molecule has 2 unspecified atom stereocenters. The molecule has 3 heteroatoms. The molecule has 0 aromatic carbocycles. The van der Waals surface area contributed by atoms with Crippen molar-refractivity contribution in [2.75, 3.05) is 26.2 Å². The van der Waals surface area contributed by atoms with E-state index in [9.17, 15) is 5.11 Å². The molecular weight excluding hydrogens is 202 g/mol. The Bertz CT molecular complexity index is 173. The first-order valence-corrected chi connectivity index (χ1v) is 6.80. The van der Waals surface area contributed by atoms with Gasteiger partial charge in [-0.25, -0.2) is 0 Å². The second kappa shape index (κ2) is 8.04. The van der Waals surface area contributed by atoms with Crippen LogP contribution >= 0.6 is 0 Å². The zero-order valence-corrected chi connectivity index (χ0v) is 10.8. The predicted molar refractivity (Wildman–Crippen MR) is 66.6 cm³/mol. The summed E-state index contributed by atoms with van der Waals surface area (Å²) in [5, 5.41) is 10.0. The lowest BCUT2D eigenvalue weighted by molar-refractivity contribution is -0.0906. The molecule has 0 aromatic heterocycles. The van der Waals surface area contributed by atoms with E-state index in [-0.39, 0.29) is 12.2 Å². The smallest absolute Gasteiger partial charge is 0.0960 e.